The highest BCUT2D eigenvalue weighted by molar-refractivity contribution is 5.83. The Labute approximate surface area is 100 Å². The van der Waals surface area contributed by atoms with Crippen molar-refractivity contribution in [3.8, 4) is 0 Å². The fourth-order valence-corrected chi connectivity index (χ4v) is 1.95. The van der Waals surface area contributed by atoms with Crippen molar-refractivity contribution in [2.24, 2.45) is 5.92 Å². The number of nitrogens with one attached hydrogen (secondary N) is 2. The van der Waals surface area contributed by atoms with Crippen LogP contribution < -0.4 is 11.1 Å². The molecule has 0 fully saturated rings. The first-order valence-corrected chi connectivity index (χ1v) is 5.79. The molecular formula is C11H18N6. The molecule has 0 aromatic carbocycles. The van der Waals surface area contributed by atoms with Gasteiger partial charge < -0.3 is 16.0 Å². The molecule has 0 bridgehead atoms. The Hall–Kier alpha value is -1.85. The summed E-state index contributed by atoms with van der Waals surface area (Å²) in [7, 11) is 0. The molecule has 6 heteroatoms. The molecule has 92 valence electrons. The summed E-state index contributed by atoms with van der Waals surface area (Å²) in [5, 5.41) is 3.34. The number of hydrogen-bond acceptors (Lipinski definition) is 5. The number of hydrogen-bond donors (Lipinski definition) is 3. The third-order valence-corrected chi connectivity index (χ3v) is 2.51. The van der Waals surface area contributed by atoms with Gasteiger partial charge in [-0.25, -0.2) is 4.98 Å². The van der Waals surface area contributed by atoms with Gasteiger partial charge in [-0.2, -0.15) is 9.97 Å². The van der Waals surface area contributed by atoms with Gasteiger partial charge in [0.15, 0.2) is 11.5 Å². The number of nitrogen functional groups attached to an aromatic ring is 1. The van der Waals surface area contributed by atoms with Gasteiger partial charge in [0.1, 0.15) is 5.52 Å². The highest BCUT2D eigenvalue weighted by Crippen LogP contribution is 2.19. The van der Waals surface area contributed by atoms with Gasteiger partial charge in [-0.1, -0.05) is 13.8 Å². The Bertz CT molecular complexity index is 504. The molecule has 0 amide bonds. The van der Waals surface area contributed by atoms with E-state index in [-0.39, 0.29) is 5.95 Å². The van der Waals surface area contributed by atoms with Crippen molar-refractivity contribution in [3.63, 3.8) is 0 Å². The van der Waals surface area contributed by atoms with Crippen LogP contribution in [0.3, 0.4) is 0 Å². The van der Waals surface area contributed by atoms with E-state index in [0.29, 0.717) is 17.6 Å². The second-order valence-corrected chi connectivity index (χ2v) is 4.71. The lowest BCUT2D eigenvalue weighted by Crippen LogP contribution is -2.19. The molecule has 0 aliphatic rings. The van der Waals surface area contributed by atoms with Crippen LogP contribution in [0, 0.1) is 5.92 Å². The van der Waals surface area contributed by atoms with E-state index in [9.17, 15) is 0 Å². The maximum absolute atomic E-state index is 5.64. The predicted octanol–water partition coefficient (Wildman–Crippen LogP) is 1.78. The Morgan fingerprint density at radius 3 is 2.82 bits per heavy atom. The summed E-state index contributed by atoms with van der Waals surface area (Å²) in [5.41, 5.74) is 7.04. The number of anilines is 2. The quantitative estimate of drug-likeness (QED) is 0.750. The fourth-order valence-electron chi connectivity index (χ4n) is 1.95. The molecule has 2 heterocycles. The molecule has 0 saturated carbocycles. The molecule has 1 atom stereocenters. The Kier molecular flexibility index (Phi) is 3.12. The number of aromatic nitrogens is 4. The SMILES string of the molecule is CC(C)CC(C)Nc1nc(N)nc2nc[nH]c12. The third kappa shape index (κ3) is 2.64. The normalized spacial score (nSPS) is 13.2. The monoisotopic (exact) mass is 234 g/mol. The average molecular weight is 234 g/mol. The lowest BCUT2D eigenvalue weighted by Gasteiger charge is -2.16. The van der Waals surface area contributed by atoms with Crippen molar-refractivity contribution in [1.29, 1.82) is 0 Å². The van der Waals surface area contributed by atoms with Gasteiger partial charge in [-0.05, 0) is 19.3 Å². The first-order valence-electron chi connectivity index (χ1n) is 5.79. The summed E-state index contributed by atoms with van der Waals surface area (Å²) in [6.45, 7) is 6.51. The summed E-state index contributed by atoms with van der Waals surface area (Å²) in [4.78, 5) is 15.4. The lowest BCUT2D eigenvalue weighted by molar-refractivity contribution is 0.539. The zero-order valence-corrected chi connectivity index (χ0v) is 10.4. The maximum Gasteiger partial charge on any atom is 0.224 e. The van der Waals surface area contributed by atoms with E-state index < -0.39 is 0 Å². The van der Waals surface area contributed by atoms with Crippen LogP contribution in [0.15, 0.2) is 6.33 Å². The molecule has 0 radical (unpaired) electrons. The first kappa shape index (κ1) is 11.6. The highest BCUT2D eigenvalue weighted by atomic mass is 15.1. The summed E-state index contributed by atoms with van der Waals surface area (Å²) in [5.74, 6) is 1.59. The zero-order valence-electron chi connectivity index (χ0n) is 10.4. The van der Waals surface area contributed by atoms with E-state index in [1.807, 2.05) is 0 Å². The number of nitrogens with two attached hydrogens (primary N) is 1. The van der Waals surface area contributed by atoms with Crippen LogP contribution >= 0.6 is 0 Å². The number of H-pyrrole nitrogens is 1. The van der Waals surface area contributed by atoms with E-state index in [1.165, 1.54) is 0 Å². The van der Waals surface area contributed by atoms with Crippen molar-refractivity contribution in [1.82, 2.24) is 19.9 Å². The number of fused-ring (bicyclic) bond motifs is 1. The van der Waals surface area contributed by atoms with Gasteiger partial charge in [0.05, 0.1) is 6.33 Å². The molecule has 0 spiro atoms. The summed E-state index contributed by atoms with van der Waals surface area (Å²) < 4.78 is 0. The lowest BCUT2D eigenvalue weighted by atomic mass is 10.1. The molecule has 1 unspecified atom stereocenters. The van der Waals surface area contributed by atoms with E-state index in [0.717, 1.165) is 17.8 Å². The number of aromatic amines is 1. The molecule has 6 nitrogen and oxygen atoms in total. The van der Waals surface area contributed by atoms with Gasteiger partial charge in [0, 0.05) is 6.04 Å². The van der Waals surface area contributed by atoms with Crippen molar-refractivity contribution in [2.75, 3.05) is 11.1 Å². The summed E-state index contributed by atoms with van der Waals surface area (Å²) in [6, 6.07) is 0.329. The number of imidazole rings is 1. The molecule has 2 rings (SSSR count). The Morgan fingerprint density at radius 2 is 2.12 bits per heavy atom. The van der Waals surface area contributed by atoms with E-state index >= 15 is 0 Å². The molecule has 2 aromatic heterocycles. The zero-order chi connectivity index (χ0) is 12.4. The van der Waals surface area contributed by atoms with Crippen LogP contribution in [0.2, 0.25) is 0 Å². The van der Waals surface area contributed by atoms with Crippen molar-refractivity contribution >= 4 is 22.9 Å². The molecular weight excluding hydrogens is 216 g/mol. The van der Waals surface area contributed by atoms with Crippen molar-refractivity contribution in [3.05, 3.63) is 6.33 Å². The van der Waals surface area contributed by atoms with E-state index in [2.05, 4.69) is 46.0 Å². The molecule has 17 heavy (non-hydrogen) atoms. The molecule has 0 aliphatic heterocycles. The van der Waals surface area contributed by atoms with Gasteiger partial charge in [0.25, 0.3) is 0 Å². The second kappa shape index (κ2) is 4.57. The minimum Gasteiger partial charge on any atom is -0.368 e. The largest absolute Gasteiger partial charge is 0.368 e. The van der Waals surface area contributed by atoms with Crippen LogP contribution in [-0.4, -0.2) is 26.0 Å². The summed E-state index contributed by atoms with van der Waals surface area (Å²) in [6.07, 6.45) is 2.66. The topological polar surface area (TPSA) is 92.5 Å². The van der Waals surface area contributed by atoms with Gasteiger partial charge in [-0.15, -0.1) is 0 Å². The predicted molar refractivity (Wildman–Crippen MR) is 68.6 cm³/mol. The highest BCUT2D eigenvalue weighted by Gasteiger charge is 2.11. The van der Waals surface area contributed by atoms with Gasteiger partial charge in [-0.3, -0.25) is 0 Å². The fraction of sp³-hybridized carbons (Fsp3) is 0.545. The van der Waals surface area contributed by atoms with E-state index in [1.54, 1.807) is 6.33 Å². The van der Waals surface area contributed by atoms with E-state index in [4.69, 9.17) is 5.73 Å². The van der Waals surface area contributed by atoms with Crippen LogP contribution in [-0.2, 0) is 0 Å². The molecule has 2 aromatic rings. The van der Waals surface area contributed by atoms with Crippen LogP contribution in [0.4, 0.5) is 11.8 Å². The molecule has 0 aliphatic carbocycles. The number of nitrogens with zero attached hydrogens (tertiary/aromatic N) is 3. The van der Waals surface area contributed by atoms with Crippen LogP contribution in [0.5, 0.6) is 0 Å². The maximum atomic E-state index is 5.64. The van der Waals surface area contributed by atoms with Gasteiger partial charge >= 0.3 is 0 Å². The molecule has 0 saturated heterocycles. The Balaban J connectivity index is 2.25. The summed E-state index contributed by atoms with van der Waals surface area (Å²) >= 11 is 0. The Morgan fingerprint density at radius 1 is 1.35 bits per heavy atom. The minimum atomic E-state index is 0.240. The first-order chi connectivity index (χ1) is 8.06. The second-order valence-electron chi connectivity index (χ2n) is 4.71. The third-order valence-electron chi connectivity index (χ3n) is 2.51. The standard InChI is InChI=1S/C11H18N6/c1-6(2)4-7(3)15-10-8-9(14-5-13-8)16-11(12)17-10/h5-7H,4H2,1-3H3,(H4,12,13,14,15,16,17). The minimum absolute atomic E-state index is 0.240. The van der Waals surface area contributed by atoms with Crippen molar-refractivity contribution in [2.45, 2.75) is 33.2 Å². The van der Waals surface area contributed by atoms with Crippen molar-refractivity contribution < 1.29 is 0 Å². The van der Waals surface area contributed by atoms with Crippen LogP contribution in [0.1, 0.15) is 27.2 Å². The van der Waals surface area contributed by atoms with Gasteiger partial charge in [0.2, 0.25) is 5.95 Å². The van der Waals surface area contributed by atoms with Crippen LogP contribution in [0.25, 0.3) is 11.2 Å². The molecule has 4 N–H and O–H groups in total. The average Bonchev–Trinajstić information content (AvgIpc) is 2.63. The smallest absolute Gasteiger partial charge is 0.224 e. The number of rotatable bonds is 4.